The number of hydrogen-bond donors (Lipinski definition) is 1. The van der Waals surface area contributed by atoms with E-state index in [0.717, 1.165) is 63.7 Å². The summed E-state index contributed by atoms with van der Waals surface area (Å²) in [6, 6.07) is 8.43. The van der Waals surface area contributed by atoms with Crippen LogP contribution < -0.4 is 10.1 Å². The average Bonchev–Trinajstić information content (AvgIpc) is 3.14. The molecule has 3 heterocycles. The molecule has 28 heavy (non-hydrogen) atoms. The van der Waals surface area contributed by atoms with E-state index >= 15 is 0 Å². The summed E-state index contributed by atoms with van der Waals surface area (Å²) in [6.07, 6.45) is 2.31. The van der Waals surface area contributed by atoms with E-state index in [1.807, 2.05) is 12.1 Å². The second kappa shape index (κ2) is 10.2. The predicted molar refractivity (Wildman–Crippen MR) is 110 cm³/mol. The Morgan fingerprint density at radius 3 is 2.61 bits per heavy atom. The van der Waals surface area contributed by atoms with E-state index in [1.54, 1.807) is 7.11 Å². The highest BCUT2D eigenvalue weighted by Crippen LogP contribution is 2.28. The number of hydrogen-bond acceptors (Lipinski definition) is 6. The summed E-state index contributed by atoms with van der Waals surface area (Å²) in [5, 5.41) is 12.2. The number of aromatic nitrogens is 3. The van der Waals surface area contributed by atoms with Gasteiger partial charge in [-0.1, -0.05) is 12.1 Å². The molecule has 154 valence electrons. The Morgan fingerprint density at radius 2 is 1.86 bits per heavy atom. The summed E-state index contributed by atoms with van der Waals surface area (Å²) in [4.78, 5) is 2.53. The van der Waals surface area contributed by atoms with E-state index in [1.165, 1.54) is 11.4 Å². The molecule has 2 aromatic rings. The van der Waals surface area contributed by atoms with Crippen molar-refractivity contribution in [1.82, 2.24) is 25.0 Å². The molecule has 1 aromatic carbocycles. The molecule has 1 fully saturated rings. The number of methoxy groups -OCH3 is 1. The lowest BCUT2D eigenvalue weighted by Gasteiger charge is -2.32. The van der Waals surface area contributed by atoms with Crippen LogP contribution in [0.15, 0.2) is 24.3 Å². The standard InChI is InChI=1S/C20H29N5O2.ClH/c1-26-12-13-27-18-4-2-16(3-5-18)15-24-9-6-17(7-10-24)20-23-22-19-14-21-8-11-25(19)20;/h2-5,17,21H,6-15H2,1H3;1H. The minimum absolute atomic E-state index is 0. The van der Waals surface area contributed by atoms with Gasteiger partial charge < -0.3 is 19.4 Å². The second-order valence-corrected chi connectivity index (χ2v) is 7.34. The monoisotopic (exact) mass is 407 g/mol. The molecule has 1 aromatic heterocycles. The lowest BCUT2D eigenvalue weighted by atomic mass is 9.95. The minimum atomic E-state index is 0. The molecule has 0 radical (unpaired) electrons. The van der Waals surface area contributed by atoms with E-state index in [4.69, 9.17) is 9.47 Å². The molecule has 4 rings (SSSR count). The number of rotatable bonds is 7. The van der Waals surface area contributed by atoms with E-state index in [-0.39, 0.29) is 12.4 Å². The lowest BCUT2D eigenvalue weighted by molar-refractivity contribution is 0.146. The molecular formula is C20H30ClN5O2. The zero-order valence-electron chi connectivity index (χ0n) is 16.5. The number of fused-ring (bicyclic) bond motifs is 1. The molecular weight excluding hydrogens is 378 g/mol. The van der Waals surface area contributed by atoms with Gasteiger partial charge >= 0.3 is 0 Å². The molecule has 0 unspecified atom stereocenters. The third-order valence-electron chi connectivity index (χ3n) is 5.49. The Morgan fingerprint density at radius 1 is 1.07 bits per heavy atom. The maximum atomic E-state index is 5.63. The molecule has 1 N–H and O–H groups in total. The number of halogens is 1. The van der Waals surface area contributed by atoms with Crippen LogP contribution in [0, 0.1) is 0 Å². The summed E-state index contributed by atoms with van der Waals surface area (Å²) >= 11 is 0. The number of nitrogens with one attached hydrogen (secondary N) is 1. The van der Waals surface area contributed by atoms with Crippen molar-refractivity contribution in [3.63, 3.8) is 0 Å². The molecule has 1 saturated heterocycles. The first-order chi connectivity index (χ1) is 13.3. The van der Waals surface area contributed by atoms with Crippen molar-refractivity contribution in [2.45, 2.75) is 38.4 Å². The summed E-state index contributed by atoms with van der Waals surface area (Å²) in [6.45, 7) is 7.27. The van der Waals surface area contributed by atoms with Gasteiger partial charge in [0.15, 0.2) is 0 Å². The molecule has 0 atom stereocenters. The van der Waals surface area contributed by atoms with Gasteiger partial charge in [-0.2, -0.15) is 0 Å². The quantitative estimate of drug-likeness (QED) is 0.710. The number of likely N-dealkylation sites (tertiary alicyclic amines) is 1. The number of piperidine rings is 1. The van der Waals surface area contributed by atoms with Crippen molar-refractivity contribution >= 4 is 12.4 Å². The van der Waals surface area contributed by atoms with E-state index in [2.05, 4.69) is 37.1 Å². The highest BCUT2D eigenvalue weighted by molar-refractivity contribution is 5.85. The fraction of sp³-hybridized carbons (Fsp3) is 0.600. The number of benzene rings is 1. The maximum absolute atomic E-state index is 5.63. The van der Waals surface area contributed by atoms with Crippen LogP contribution in [0.5, 0.6) is 5.75 Å². The molecule has 7 nitrogen and oxygen atoms in total. The topological polar surface area (TPSA) is 64.4 Å². The van der Waals surface area contributed by atoms with E-state index in [0.29, 0.717) is 19.1 Å². The van der Waals surface area contributed by atoms with Crippen molar-refractivity contribution in [2.75, 3.05) is 40.0 Å². The van der Waals surface area contributed by atoms with Gasteiger partial charge in [-0.15, -0.1) is 22.6 Å². The molecule has 0 saturated carbocycles. The smallest absolute Gasteiger partial charge is 0.147 e. The summed E-state index contributed by atoms with van der Waals surface area (Å²) in [7, 11) is 1.69. The van der Waals surface area contributed by atoms with Crippen LogP contribution in [0.1, 0.15) is 36.0 Å². The van der Waals surface area contributed by atoms with Gasteiger partial charge in [0, 0.05) is 32.7 Å². The molecule has 0 aliphatic carbocycles. The van der Waals surface area contributed by atoms with Crippen molar-refractivity contribution in [2.24, 2.45) is 0 Å². The van der Waals surface area contributed by atoms with Crippen molar-refractivity contribution in [3.8, 4) is 5.75 Å². The van der Waals surface area contributed by atoms with Crippen molar-refractivity contribution < 1.29 is 9.47 Å². The van der Waals surface area contributed by atoms with Crippen LogP contribution in [0.2, 0.25) is 0 Å². The minimum Gasteiger partial charge on any atom is -0.491 e. The fourth-order valence-electron chi connectivity index (χ4n) is 3.96. The molecule has 0 bridgehead atoms. The van der Waals surface area contributed by atoms with Crippen LogP contribution in [-0.2, 0) is 24.4 Å². The Hall–Kier alpha value is -1.67. The summed E-state index contributed by atoms with van der Waals surface area (Å²) < 4.78 is 13.0. The van der Waals surface area contributed by atoms with Crippen molar-refractivity contribution in [3.05, 3.63) is 41.5 Å². The Bertz CT molecular complexity index is 729. The molecule has 0 spiro atoms. The molecule has 2 aliphatic heterocycles. The van der Waals surface area contributed by atoms with Crippen LogP contribution in [0.4, 0.5) is 0 Å². The van der Waals surface area contributed by atoms with Crippen LogP contribution in [0.3, 0.4) is 0 Å². The van der Waals surface area contributed by atoms with Gasteiger partial charge in [0.05, 0.1) is 13.2 Å². The highest BCUT2D eigenvalue weighted by atomic mass is 35.5. The van der Waals surface area contributed by atoms with Gasteiger partial charge in [0.1, 0.15) is 24.0 Å². The van der Waals surface area contributed by atoms with Gasteiger partial charge in [0.25, 0.3) is 0 Å². The third kappa shape index (κ3) is 5.03. The van der Waals surface area contributed by atoms with Crippen LogP contribution in [0.25, 0.3) is 0 Å². The van der Waals surface area contributed by atoms with Gasteiger partial charge in [-0.05, 0) is 43.6 Å². The third-order valence-corrected chi connectivity index (χ3v) is 5.49. The Balaban J connectivity index is 0.00000225. The first-order valence-corrected chi connectivity index (χ1v) is 9.89. The van der Waals surface area contributed by atoms with Crippen molar-refractivity contribution in [1.29, 1.82) is 0 Å². The van der Waals surface area contributed by atoms with Gasteiger partial charge in [0.2, 0.25) is 0 Å². The number of nitrogens with zero attached hydrogens (tertiary/aromatic N) is 4. The highest BCUT2D eigenvalue weighted by Gasteiger charge is 2.26. The molecule has 8 heteroatoms. The van der Waals surface area contributed by atoms with Crippen LogP contribution >= 0.6 is 12.4 Å². The summed E-state index contributed by atoms with van der Waals surface area (Å²) in [5.41, 5.74) is 1.33. The van der Waals surface area contributed by atoms with E-state index < -0.39 is 0 Å². The Labute approximate surface area is 172 Å². The second-order valence-electron chi connectivity index (χ2n) is 7.34. The summed E-state index contributed by atoms with van der Waals surface area (Å²) in [5.74, 6) is 3.73. The normalized spacial score (nSPS) is 17.8. The average molecular weight is 408 g/mol. The Kier molecular flexibility index (Phi) is 7.67. The largest absolute Gasteiger partial charge is 0.491 e. The fourth-order valence-corrected chi connectivity index (χ4v) is 3.96. The molecule has 0 amide bonds. The zero-order chi connectivity index (χ0) is 18.5. The zero-order valence-corrected chi connectivity index (χ0v) is 17.3. The number of ether oxygens (including phenoxy) is 2. The SMILES string of the molecule is COCCOc1ccc(CN2CCC(c3nnc4n3CCNC4)CC2)cc1.Cl. The van der Waals surface area contributed by atoms with Crippen LogP contribution in [-0.4, -0.2) is 59.6 Å². The first-order valence-electron chi connectivity index (χ1n) is 9.89. The maximum Gasteiger partial charge on any atom is 0.147 e. The lowest BCUT2D eigenvalue weighted by Crippen LogP contribution is -2.34. The first kappa shape index (κ1) is 21.0. The van der Waals surface area contributed by atoms with E-state index in [9.17, 15) is 0 Å². The van der Waals surface area contributed by atoms with Gasteiger partial charge in [-0.3, -0.25) is 4.90 Å². The molecule has 2 aliphatic rings. The predicted octanol–water partition coefficient (Wildman–Crippen LogP) is 2.21. The van der Waals surface area contributed by atoms with Gasteiger partial charge in [-0.25, -0.2) is 0 Å².